The van der Waals surface area contributed by atoms with Crippen molar-refractivity contribution >= 4 is 22.1 Å². The van der Waals surface area contributed by atoms with Gasteiger partial charge in [-0.1, -0.05) is 25.3 Å². The van der Waals surface area contributed by atoms with E-state index in [1.54, 1.807) is 0 Å². The van der Waals surface area contributed by atoms with Crippen LogP contribution in [0.3, 0.4) is 0 Å². The van der Waals surface area contributed by atoms with Crippen LogP contribution in [0, 0.1) is 0 Å². The first-order chi connectivity index (χ1) is 15.1. The number of nitrogens with one attached hydrogen (secondary N) is 1. The highest BCUT2D eigenvalue weighted by atomic mass is 16.1. The van der Waals surface area contributed by atoms with Crippen molar-refractivity contribution in [2.75, 3.05) is 20.6 Å². The van der Waals surface area contributed by atoms with Crippen molar-refractivity contribution in [1.29, 1.82) is 0 Å². The molecule has 31 heavy (non-hydrogen) atoms. The number of fused-ring (bicyclic) bond motifs is 2. The molecule has 5 rings (SSSR count). The van der Waals surface area contributed by atoms with E-state index in [0.717, 1.165) is 41.7 Å². The van der Waals surface area contributed by atoms with Crippen molar-refractivity contribution in [3.8, 4) is 11.1 Å². The van der Waals surface area contributed by atoms with Crippen LogP contribution in [-0.4, -0.2) is 49.6 Å². The molecule has 1 aliphatic carbocycles. The molecule has 1 N–H and O–H groups in total. The zero-order chi connectivity index (χ0) is 21.4. The van der Waals surface area contributed by atoms with Gasteiger partial charge in [0, 0.05) is 24.3 Å². The monoisotopic (exact) mass is 418 g/mol. The van der Waals surface area contributed by atoms with E-state index in [1.807, 2.05) is 10.9 Å². The molecule has 1 saturated carbocycles. The van der Waals surface area contributed by atoms with Gasteiger partial charge in [0.25, 0.3) is 5.56 Å². The summed E-state index contributed by atoms with van der Waals surface area (Å²) in [6.45, 7) is 1.75. The first-order valence-electron chi connectivity index (χ1n) is 11.3. The van der Waals surface area contributed by atoms with Crippen LogP contribution in [0.4, 0.5) is 0 Å². The quantitative estimate of drug-likeness (QED) is 0.509. The molecule has 1 aromatic carbocycles. The normalized spacial score (nSPS) is 15.5. The molecule has 3 heterocycles. The third-order valence-electron chi connectivity index (χ3n) is 6.51. The lowest BCUT2D eigenvalue weighted by Gasteiger charge is -2.23. The molecule has 7 heteroatoms. The van der Waals surface area contributed by atoms with Gasteiger partial charge >= 0.3 is 0 Å². The van der Waals surface area contributed by atoms with Crippen molar-refractivity contribution in [1.82, 2.24) is 29.0 Å². The maximum absolute atomic E-state index is 12.6. The van der Waals surface area contributed by atoms with Crippen molar-refractivity contribution in [2.24, 2.45) is 0 Å². The molecule has 0 aliphatic heterocycles. The first kappa shape index (κ1) is 20.0. The number of hydrogen-bond acceptors (Lipinski definition) is 4. The standard InChI is InChI=1S/C24H30N6O/c1-28(2)11-6-12-29-14-19(22-23(29)24(31)26-15-25-22)17-9-10-21-20(13-17)27-16-30(21)18-7-4-3-5-8-18/h9-10,13-16,18H,3-8,11-12H2,1-2H3,(H,25,26,31). The fraction of sp³-hybridized carbons (Fsp3) is 0.458. The van der Waals surface area contributed by atoms with Gasteiger partial charge < -0.3 is 19.0 Å². The molecular formula is C24H30N6O. The highest BCUT2D eigenvalue weighted by Gasteiger charge is 2.19. The number of imidazole rings is 1. The minimum Gasteiger partial charge on any atom is -0.341 e. The van der Waals surface area contributed by atoms with Gasteiger partial charge in [0.1, 0.15) is 11.0 Å². The van der Waals surface area contributed by atoms with E-state index in [-0.39, 0.29) is 5.56 Å². The van der Waals surface area contributed by atoms with Crippen LogP contribution in [0.15, 0.2) is 41.8 Å². The Labute approximate surface area is 181 Å². The number of nitrogens with zero attached hydrogens (tertiary/aromatic N) is 5. The average molecular weight is 419 g/mol. The molecule has 0 unspecified atom stereocenters. The second-order valence-electron chi connectivity index (χ2n) is 8.97. The average Bonchev–Trinajstić information content (AvgIpc) is 3.36. The van der Waals surface area contributed by atoms with Gasteiger partial charge in [0.15, 0.2) is 0 Å². The van der Waals surface area contributed by atoms with E-state index in [0.29, 0.717) is 11.6 Å². The predicted molar refractivity (Wildman–Crippen MR) is 124 cm³/mol. The topological polar surface area (TPSA) is 71.7 Å². The van der Waals surface area contributed by atoms with Crippen molar-refractivity contribution in [3.05, 3.63) is 47.4 Å². The van der Waals surface area contributed by atoms with E-state index in [1.165, 1.54) is 43.9 Å². The third-order valence-corrected chi connectivity index (χ3v) is 6.51. The lowest BCUT2D eigenvalue weighted by Crippen LogP contribution is -2.16. The van der Waals surface area contributed by atoms with Crippen LogP contribution < -0.4 is 5.56 Å². The maximum Gasteiger partial charge on any atom is 0.275 e. The van der Waals surface area contributed by atoms with Gasteiger partial charge in [-0.25, -0.2) is 9.97 Å². The van der Waals surface area contributed by atoms with Gasteiger partial charge in [-0.2, -0.15) is 0 Å². The van der Waals surface area contributed by atoms with Gasteiger partial charge in [-0.05, 0) is 57.6 Å². The van der Waals surface area contributed by atoms with Crippen molar-refractivity contribution in [3.63, 3.8) is 0 Å². The van der Waals surface area contributed by atoms with Crippen LogP contribution in [0.1, 0.15) is 44.6 Å². The fourth-order valence-corrected chi connectivity index (χ4v) is 4.93. The number of aryl methyl sites for hydroxylation is 1. The lowest BCUT2D eigenvalue weighted by molar-refractivity contribution is 0.359. The zero-order valence-corrected chi connectivity index (χ0v) is 18.3. The Balaban J connectivity index is 1.54. The van der Waals surface area contributed by atoms with Crippen LogP contribution in [-0.2, 0) is 6.54 Å². The fourth-order valence-electron chi connectivity index (χ4n) is 4.93. The number of aromatic amines is 1. The molecule has 162 valence electrons. The minimum absolute atomic E-state index is 0.0937. The Morgan fingerprint density at radius 1 is 1.16 bits per heavy atom. The number of aromatic nitrogens is 5. The van der Waals surface area contributed by atoms with Gasteiger partial charge in [0.05, 0.1) is 23.7 Å². The first-order valence-corrected chi connectivity index (χ1v) is 11.3. The number of H-pyrrole nitrogens is 1. The summed E-state index contributed by atoms with van der Waals surface area (Å²) in [5.74, 6) is 0. The Hall–Kier alpha value is -2.93. The molecule has 4 aromatic rings. The zero-order valence-electron chi connectivity index (χ0n) is 18.3. The summed E-state index contributed by atoms with van der Waals surface area (Å²) in [4.78, 5) is 26.7. The summed E-state index contributed by atoms with van der Waals surface area (Å²) in [6.07, 6.45) is 13.0. The summed E-state index contributed by atoms with van der Waals surface area (Å²) < 4.78 is 4.40. The van der Waals surface area contributed by atoms with E-state index in [2.05, 4.69) is 57.9 Å². The van der Waals surface area contributed by atoms with Crippen LogP contribution in [0.2, 0.25) is 0 Å². The molecule has 1 fully saturated rings. The van der Waals surface area contributed by atoms with Crippen LogP contribution in [0.5, 0.6) is 0 Å². The van der Waals surface area contributed by atoms with E-state index < -0.39 is 0 Å². The highest BCUT2D eigenvalue weighted by Crippen LogP contribution is 2.33. The Kier molecular flexibility index (Phi) is 5.36. The minimum atomic E-state index is -0.0937. The summed E-state index contributed by atoms with van der Waals surface area (Å²) >= 11 is 0. The maximum atomic E-state index is 12.6. The van der Waals surface area contributed by atoms with E-state index in [4.69, 9.17) is 4.98 Å². The van der Waals surface area contributed by atoms with Crippen LogP contribution in [0.25, 0.3) is 33.2 Å². The Bertz CT molecular complexity index is 1260. The van der Waals surface area contributed by atoms with E-state index in [9.17, 15) is 4.79 Å². The summed E-state index contributed by atoms with van der Waals surface area (Å²) in [6, 6.07) is 7.01. The molecule has 3 aromatic heterocycles. The van der Waals surface area contributed by atoms with Crippen molar-refractivity contribution in [2.45, 2.75) is 51.1 Å². The van der Waals surface area contributed by atoms with E-state index >= 15 is 0 Å². The van der Waals surface area contributed by atoms with Gasteiger partial charge in [-0.3, -0.25) is 4.79 Å². The molecule has 7 nitrogen and oxygen atoms in total. The summed E-state index contributed by atoms with van der Waals surface area (Å²) in [5.41, 5.74) is 5.53. The molecule has 0 radical (unpaired) electrons. The summed E-state index contributed by atoms with van der Waals surface area (Å²) in [7, 11) is 4.13. The number of benzene rings is 1. The summed E-state index contributed by atoms with van der Waals surface area (Å²) in [5, 5.41) is 0. The Morgan fingerprint density at radius 3 is 2.81 bits per heavy atom. The molecule has 0 amide bonds. The molecule has 0 bridgehead atoms. The second-order valence-corrected chi connectivity index (χ2v) is 8.97. The number of rotatable bonds is 6. The molecule has 0 atom stereocenters. The van der Waals surface area contributed by atoms with Crippen molar-refractivity contribution < 1.29 is 0 Å². The number of hydrogen-bond donors (Lipinski definition) is 1. The molecular weight excluding hydrogens is 388 g/mol. The molecule has 0 saturated heterocycles. The molecule has 1 aliphatic rings. The highest BCUT2D eigenvalue weighted by molar-refractivity contribution is 5.94. The largest absolute Gasteiger partial charge is 0.341 e. The molecule has 0 spiro atoms. The smallest absolute Gasteiger partial charge is 0.275 e. The second kappa shape index (κ2) is 8.30. The lowest BCUT2D eigenvalue weighted by atomic mass is 9.95. The van der Waals surface area contributed by atoms with Gasteiger partial charge in [0.2, 0.25) is 0 Å². The van der Waals surface area contributed by atoms with Crippen LogP contribution >= 0.6 is 0 Å². The third kappa shape index (κ3) is 3.78. The SMILES string of the molecule is CN(C)CCCn1cc(-c2ccc3c(c2)ncn3C2CCCCC2)c2nc[nH]c(=O)c21. The predicted octanol–water partition coefficient (Wildman–Crippen LogP) is 4.20. The Morgan fingerprint density at radius 2 is 2.00 bits per heavy atom. The van der Waals surface area contributed by atoms with Gasteiger partial charge in [-0.15, -0.1) is 0 Å².